The van der Waals surface area contributed by atoms with Gasteiger partial charge in [0, 0.05) is 29.5 Å². The summed E-state index contributed by atoms with van der Waals surface area (Å²) in [7, 11) is 3.25. The number of hydrogen-bond donors (Lipinski definition) is 1. The fourth-order valence-corrected chi connectivity index (χ4v) is 2.62. The molecule has 0 atom stereocenters. The quantitative estimate of drug-likeness (QED) is 0.643. The molecule has 3 nitrogen and oxygen atoms in total. The molecule has 1 amide bonds. The maximum atomic E-state index is 10.4. The van der Waals surface area contributed by atoms with E-state index in [4.69, 9.17) is 5.73 Å². The van der Waals surface area contributed by atoms with Gasteiger partial charge in [-0.3, -0.25) is 9.78 Å². The van der Waals surface area contributed by atoms with Crippen LogP contribution in [0.5, 0.6) is 0 Å². The first-order valence-corrected chi connectivity index (χ1v) is 6.09. The number of rotatable bonds is 5. The van der Waals surface area contributed by atoms with Crippen LogP contribution >= 0.6 is 34.0 Å². The normalized spacial score (nSPS) is 9.14. The highest BCUT2D eigenvalue weighted by Crippen LogP contribution is 2.30. The predicted octanol–water partition coefficient (Wildman–Crippen LogP) is 2.12. The fourth-order valence-electron chi connectivity index (χ4n) is 0.646. The first-order chi connectivity index (χ1) is 6.29. The van der Waals surface area contributed by atoms with Gasteiger partial charge in [0.25, 0.3) is 0 Å². The van der Waals surface area contributed by atoms with Crippen molar-refractivity contribution >= 4 is 39.9 Å². The number of amides is 1. The molecule has 78 valence electrons. The van der Waals surface area contributed by atoms with E-state index in [1.54, 1.807) is 34.0 Å². The minimum atomic E-state index is -0.247. The maximum Gasteiger partial charge on any atom is 0.218 e. The molecular formula is C8H11ClN2OS2. The van der Waals surface area contributed by atoms with Gasteiger partial charge in [-0.2, -0.15) is 0 Å². The van der Waals surface area contributed by atoms with Gasteiger partial charge in [0.1, 0.15) is 0 Å². The van der Waals surface area contributed by atoms with Gasteiger partial charge in [0.2, 0.25) is 5.91 Å². The minimum Gasteiger partial charge on any atom is -0.370 e. The van der Waals surface area contributed by atoms with Gasteiger partial charge < -0.3 is 5.73 Å². The van der Waals surface area contributed by atoms with Crippen molar-refractivity contribution in [3.05, 3.63) is 24.5 Å². The number of primary amides is 1. The Morgan fingerprint density at radius 2 is 2.07 bits per heavy atom. The molecule has 0 aliphatic heterocycles. The summed E-state index contributed by atoms with van der Waals surface area (Å²) < 4.78 is 0. The largest absolute Gasteiger partial charge is 0.370 e. The molecule has 2 N–H and O–H groups in total. The number of halogens is 1. The van der Waals surface area contributed by atoms with Crippen molar-refractivity contribution in [3.8, 4) is 0 Å². The van der Waals surface area contributed by atoms with Gasteiger partial charge in [-0.1, -0.05) is 21.6 Å². The van der Waals surface area contributed by atoms with E-state index in [2.05, 4.69) is 4.98 Å². The Balaban J connectivity index is 0.00000169. The first kappa shape index (κ1) is 13.6. The van der Waals surface area contributed by atoms with Crippen LogP contribution in [0.1, 0.15) is 6.42 Å². The third-order valence-corrected chi connectivity index (χ3v) is 3.62. The summed E-state index contributed by atoms with van der Waals surface area (Å²) in [6, 6.07) is 3.86. The maximum absolute atomic E-state index is 10.4. The lowest BCUT2D eigenvalue weighted by molar-refractivity contribution is -0.117. The van der Waals surface area contributed by atoms with Crippen LogP contribution in [0, 0.1) is 0 Å². The second-order valence-electron chi connectivity index (χ2n) is 2.30. The van der Waals surface area contributed by atoms with Gasteiger partial charge >= 0.3 is 0 Å². The summed E-state index contributed by atoms with van der Waals surface area (Å²) in [5.41, 5.74) is 5.00. The third kappa shape index (κ3) is 6.12. The van der Waals surface area contributed by atoms with E-state index < -0.39 is 0 Å². The molecule has 0 aromatic carbocycles. The Kier molecular flexibility index (Phi) is 7.74. The van der Waals surface area contributed by atoms with Crippen molar-refractivity contribution in [1.29, 1.82) is 0 Å². The molecule has 0 aliphatic carbocycles. The third-order valence-electron chi connectivity index (χ3n) is 1.24. The standard InChI is InChI=1S/C8H10N2OS2.ClH/c9-8(11)3-6-12-13-7-1-4-10-5-2-7;/h1-2,4-5H,3,6H2,(H2,9,11);1H. The second-order valence-corrected chi connectivity index (χ2v) is 4.79. The minimum absolute atomic E-state index is 0. The highest BCUT2D eigenvalue weighted by atomic mass is 35.5. The van der Waals surface area contributed by atoms with Crippen LogP contribution in [0.15, 0.2) is 29.4 Å². The highest BCUT2D eigenvalue weighted by molar-refractivity contribution is 8.76. The molecule has 0 fully saturated rings. The number of carbonyl (C=O) groups is 1. The summed E-state index contributed by atoms with van der Waals surface area (Å²) in [4.78, 5) is 15.4. The van der Waals surface area contributed by atoms with Crippen molar-refractivity contribution in [2.75, 3.05) is 5.75 Å². The van der Waals surface area contributed by atoms with E-state index in [0.717, 1.165) is 10.6 Å². The Bertz CT molecular complexity index is 271. The average Bonchev–Trinajstić information content (AvgIpc) is 2.14. The van der Waals surface area contributed by atoms with Crippen LogP contribution in [-0.4, -0.2) is 16.6 Å². The van der Waals surface area contributed by atoms with Gasteiger partial charge in [0.05, 0.1) is 0 Å². The summed E-state index contributed by atoms with van der Waals surface area (Å²) in [5.74, 6) is 0.505. The van der Waals surface area contributed by atoms with Crippen molar-refractivity contribution in [3.63, 3.8) is 0 Å². The Morgan fingerprint density at radius 1 is 1.43 bits per heavy atom. The number of nitrogens with two attached hydrogens (primary N) is 1. The number of hydrogen-bond acceptors (Lipinski definition) is 4. The molecule has 0 unspecified atom stereocenters. The number of carbonyl (C=O) groups excluding carboxylic acids is 1. The Morgan fingerprint density at radius 3 is 2.64 bits per heavy atom. The number of nitrogens with zero attached hydrogens (tertiary/aromatic N) is 1. The molecule has 1 aromatic heterocycles. The van der Waals surface area contributed by atoms with Crippen LogP contribution in [0.3, 0.4) is 0 Å². The van der Waals surface area contributed by atoms with Crippen LogP contribution < -0.4 is 5.73 Å². The topological polar surface area (TPSA) is 56.0 Å². The van der Waals surface area contributed by atoms with E-state index in [0.29, 0.717) is 6.42 Å². The Hall–Kier alpha value is -0.390. The van der Waals surface area contributed by atoms with Crippen molar-refractivity contribution < 1.29 is 4.79 Å². The van der Waals surface area contributed by atoms with E-state index in [9.17, 15) is 4.79 Å². The molecule has 0 aliphatic rings. The van der Waals surface area contributed by atoms with Gasteiger partial charge in [-0.05, 0) is 12.1 Å². The molecule has 14 heavy (non-hydrogen) atoms. The highest BCUT2D eigenvalue weighted by Gasteiger charge is 1.96. The van der Waals surface area contributed by atoms with Crippen LogP contribution in [-0.2, 0) is 4.79 Å². The molecule has 0 spiro atoms. The fraction of sp³-hybridized carbons (Fsp3) is 0.250. The zero-order chi connectivity index (χ0) is 9.52. The average molecular weight is 251 g/mol. The predicted molar refractivity (Wildman–Crippen MR) is 63.6 cm³/mol. The Labute approximate surface area is 97.0 Å². The van der Waals surface area contributed by atoms with Gasteiger partial charge in [-0.25, -0.2) is 0 Å². The lowest BCUT2D eigenvalue weighted by Gasteiger charge is -1.98. The molecule has 0 radical (unpaired) electrons. The second kappa shape index (κ2) is 7.96. The molecular weight excluding hydrogens is 240 g/mol. The van der Waals surface area contributed by atoms with Crippen LogP contribution in [0.4, 0.5) is 0 Å². The summed E-state index contributed by atoms with van der Waals surface area (Å²) in [5, 5.41) is 0. The van der Waals surface area contributed by atoms with E-state index in [-0.39, 0.29) is 18.3 Å². The molecule has 0 saturated carbocycles. The molecule has 1 rings (SSSR count). The SMILES string of the molecule is Cl.NC(=O)CCSSc1ccncc1. The van der Waals surface area contributed by atoms with Gasteiger partial charge in [-0.15, -0.1) is 12.4 Å². The van der Waals surface area contributed by atoms with Crippen molar-refractivity contribution in [2.45, 2.75) is 11.3 Å². The summed E-state index contributed by atoms with van der Waals surface area (Å²) >= 11 is 0. The van der Waals surface area contributed by atoms with Crippen molar-refractivity contribution in [2.24, 2.45) is 5.73 Å². The van der Waals surface area contributed by atoms with Crippen molar-refractivity contribution in [1.82, 2.24) is 4.98 Å². The summed E-state index contributed by atoms with van der Waals surface area (Å²) in [6.45, 7) is 0. The van der Waals surface area contributed by atoms with E-state index >= 15 is 0 Å². The van der Waals surface area contributed by atoms with Crippen LogP contribution in [0.25, 0.3) is 0 Å². The smallest absolute Gasteiger partial charge is 0.218 e. The number of aromatic nitrogens is 1. The summed E-state index contributed by atoms with van der Waals surface area (Å²) in [6.07, 6.45) is 3.93. The van der Waals surface area contributed by atoms with Crippen LogP contribution in [0.2, 0.25) is 0 Å². The molecule has 0 bridgehead atoms. The zero-order valence-corrected chi connectivity index (χ0v) is 9.83. The molecule has 6 heteroatoms. The lowest BCUT2D eigenvalue weighted by Crippen LogP contribution is -2.10. The zero-order valence-electron chi connectivity index (χ0n) is 7.38. The lowest BCUT2D eigenvalue weighted by atomic mass is 10.5. The number of pyridine rings is 1. The van der Waals surface area contributed by atoms with Gasteiger partial charge in [0.15, 0.2) is 0 Å². The monoisotopic (exact) mass is 250 g/mol. The molecule has 0 saturated heterocycles. The van der Waals surface area contributed by atoms with E-state index in [1.165, 1.54) is 0 Å². The molecule has 1 heterocycles. The first-order valence-electron chi connectivity index (χ1n) is 3.77. The molecule has 1 aromatic rings. The van der Waals surface area contributed by atoms with E-state index in [1.807, 2.05) is 12.1 Å².